The summed E-state index contributed by atoms with van der Waals surface area (Å²) in [6.07, 6.45) is 0.0496. The largest absolute Gasteiger partial charge is 0.445 e. The Bertz CT molecular complexity index is 674. The quantitative estimate of drug-likeness (QED) is 0.860. The van der Waals surface area contributed by atoms with Crippen LogP contribution in [0.15, 0.2) is 30.3 Å². The van der Waals surface area contributed by atoms with Crippen molar-refractivity contribution in [1.82, 2.24) is 15.1 Å². The number of ether oxygens (including phenoxy) is 2. The van der Waals surface area contributed by atoms with Gasteiger partial charge >= 0.3 is 12.2 Å². The summed E-state index contributed by atoms with van der Waals surface area (Å²) in [5.74, 6) is 0. The highest BCUT2D eigenvalue weighted by atomic mass is 16.6. The molecule has 7 nitrogen and oxygen atoms in total. The van der Waals surface area contributed by atoms with Gasteiger partial charge in [-0.25, -0.2) is 9.59 Å². The van der Waals surface area contributed by atoms with E-state index in [0.29, 0.717) is 39.1 Å². The molecule has 27 heavy (non-hydrogen) atoms. The molecule has 2 heterocycles. The van der Waals surface area contributed by atoms with Crippen LogP contribution in [0.3, 0.4) is 0 Å². The monoisotopic (exact) mass is 375 g/mol. The SMILES string of the molecule is CC(C)(C)OC(=O)N1CCC2(CNCCN2C(=O)OCc2ccccc2)C1. The lowest BCUT2D eigenvalue weighted by Gasteiger charge is -2.44. The Balaban J connectivity index is 1.64. The van der Waals surface area contributed by atoms with Crippen LogP contribution in [-0.2, 0) is 16.1 Å². The van der Waals surface area contributed by atoms with E-state index >= 15 is 0 Å². The van der Waals surface area contributed by atoms with Crippen LogP contribution in [0.1, 0.15) is 32.8 Å². The molecule has 1 N–H and O–H groups in total. The first kappa shape index (κ1) is 19.5. The van der Waals surface area contributed by atoms with E-state index in [1.54, 1.807) is 9.80 Å². The van der Waals surface area contributed by atoms with E-state index in [1.165, 1.54) is 0 Å². The third-order valence-corrected chi connectivity index (χ3v) is 4.95. The van der Waals surface area contributed by atoms with Gasteiger partial charge in [0.2, 0.25) is 0 Å². The summed E-state index contributed by atoms with van der Waals surface area (Å²) < 4.78 is 11.0. The van der Waals surface area contributed by atoms with E-state index < -0.39 is 11.1 Å². The van der Waals surface area contributed by atoms with Gasteiger partial charge in [-0.15, -0.1) is 0 Å². The average molecular weight is 375 g/mol. The third-order valence-electron chi connectivity index (χ3n) is 4.95. The average Bonchev–Trinajstić information content (AvgIpc) is 3.04. The number of nitrogens with zero attached hydrogens (tertiary/aromatic N) is 2. The Kier molecular flexibility index (Phi) is 5.60. The Morgan fingerprint density at radius 2 is 1.89 bits per heavy atom. The van der Waals surface area contributed by atoms with Crippen molar-refractivity contribution in [2.45, 2.75) is 44.9 Å². The van der Waals surface area contributed by atoms with Gasteiger partial charge in [-0.1, -0.05) is 30.3 Å². The molecule has 1 unspecified atom stereocenters. The summed E-state index contributed by atoms with van der Waals surface area (Å²) in [5.41, 5.74) is -0.0219. The summed E-state index contributed by atoms with van der Waals surface area (Å²) in [6, 6.07) is 9.64. The molecule has 7 heteroatoms. The second kappa shape index (κ2) is 7.76. The smallest absolute Gasteiger partial charge is 0.410 e. The molecule has 0 aliphatic carbocycles. The lowest BCUT2D eigenvalue weighted by atomic mass is 9.94. The minimum atomic E-state index is -0.536. The molecule has 3 rings (SSSR count). The zero-order valence-electron chi connectivity index (χ0n) is 16.4. The Morgan fingerprint density at radius 1 is 1.15 bits per heavy atom. The van der Waals surface area contributed by atoms with E-state index in [4.69, 9.17) is 9.47 Å². The molecule has 2 amide bonds. The number of rotatable bonds is 2. The van der Waals surface area contributed by atoms with Gasteiger partial charge in [0.25, 0.3) is 0 Å². The van der Waals surface area contributed by atoms with Gasteiger partial charge < -0.3 is 19.7 Å². The number of benzene rings is 1. The molecular formula is C20H29N3O4. The van der Waals surface area contributed by atoms with Crippen LogP contribution in [0.2, 0.25) is 0 Å². The van der Waals surface area contributed by atoms with Crippen molar-refractivity contribution < 1.29 is 19.1 Å². The molecule has 0 aromatic heterocycles. The zero-order valence-corrected chi connectivity index (χ0v) is 16.4. The molecule has 1 aromatic rings. The maximum atomic E-state index is 12.8. The summed E-state index contributed by atoms with van der Waals surface area (Å²) in [6.45, 7) is 8.76. The molecule has 2 aliphatic heterocycles. The second-order valence-corrected chi connectivity index (χ2v) is 8.24. The van der Waals surface area contributed by atoms with E-state index in [9.17, 15) is 9.59 Å². The minimum Gasteiger partial charge on any atom is -0.445 e. The summed E-state index contributed by atoms with van der Waals surface area (Å²) >= 11 is 0. The van der Waals surface area contributed by atoms with Crippen LogP contribution >= 0.6 is 0 Å². The topological polar surface area (TPSA) is 71.1 Å². The van der Waals surface area contributed by atoms with Gasteiger partial charge in [-0.2, -0.15) is 0 Å². The third kappa shape index (κ3) is 4.71. The number of carbonyl (C=O) groups excluding carboxylic acids is 2. The number of likely N-dealkylation sites (tertiary alicyclic amines) is 1. The lowest BCUT2D eigenvalue weighted by Crippen LogP contribution is -2.64. The molecule has 2 saturated heterocycles. The van der Waals surface area contributed by atoms with E-state index in [1.807, 2.05) is 51.1 Å². The number of carbonyl (C=O) groups is 2. The standard InChI is InChI=1S/C20H29N3O4/c1-19(2,3)27-17(24)22-11-9-20(15-22)14-21-10-12-23(20)18(25)26-13-16-7-5-4-6-8-16/h4-8,21H,9-15H2,1-3H3. The maximum Gasteiger partial charge on any atom is 0.410 e. The number of nitrogens with one attached hydrogen (secondary N) is 1. The van der Waals surface area contributed by atoms with Crippen molar-refractivity contribution >= 4 is 12.2 Å². The highest BCUT2D eigenvalue weighted by Gasteiger charge is 2.49. The van der Waals surface area contributed by atoms with Gasteiger partial charge in [-0.05, 0) is 32.8 Å². The predicted octanol–water partition coefficient (Wildman–Crippen LogP) is 2.61. The molecule has 2 aliphatic rings. The summed E-state index contributed by atoms with van der Waals surface area (Å²) in [5, 5.41) is 3.36. The molecule has 2 fully saturated rings. The maximum absolute atomic E-state index is 12.8. The van der Waals surface area contributed by atoms with Crippen molar-refractivity contribution in [1.29, 1.82) is 0 Å². The first-order chi connectivity index (χ1) is 12.8. The van der Waals surface area contributed by atoms with Crippen LogP contribution in [0.25, 0.3) is 0 Å². The van der Waals surface area contributed by atoms with Crippen LogP contribution in [-0.4, -0.2) is 65.9 Å². The van der Waals surface area contributed by atoms with E-state index in [-0.39, 0.29) is 18.8 Å². The molecule has 148 valence electrons. The van der Waals surface area contributed by atoms with E-state index in [2.05, 4.69) is 5.32 Å². The molecule has 0 bridgehead atoms. The van der Waals surface area contributed by atoms with E-state index in [0.717, 1.165) is 5.56 Å². The number of hydrogen-bond acceptors (Lipinski definition) is 5. The molecular weight excluding hydrogens is 346 g/mol. The van der Waals surface area contributed by atoms with Crippen molar-refractivity contribution in [3.63, 3.8) is 0 Å². The normalized spacial score (nSPS) is 22.8. The number of piperazine rings is 1. The first-order valence-corrected chi connectivity index (χ1v) is 9.46. The van der Waals surface area contributed by atoms with Gasteiger partial charge in [0, 0.05) is 32.7 Å². The fourth-order valence-electron chi connectivity index (χ4n) is 3.63. The summed E-state index contributed by atoms with van der Waals surface area (Å²) in [7, 11) is 0. The molecule has 0 radical (unpaired) electrons. The van der Waals surface area contributed by atoms with Crippen LogP contribution in [0, 0.1) is 0 Å². The van der Waals surface area contributed by atoms with Crippen molar-refractivity contribution in [2.75, 3.05) is 32.7 Å². The van der Waals surface area contributed by atoms with Crippen LogP contribution < -0.4 is 5.32 Å². The Morgan fingerprint density at radius 3 is 2.59 bits per heavy atom. The lowest BCUT2D eigenvalue weighted by molar-refractivity contribution is 0.0163. The zero-order chi connectivity index (χ0) is 19.5. The Labute approximate surface area is 160 Å². The highest BCUT2D eigenvalue weighted by Crippen LogP contribution is 2.31. The summed E-state index contributed by atoms with van der Waals surface area (Å²) in [4.78, 5) is 28.7. The second-order valence-electron chi connectivity index (χ2n) is 8.24. The van der Waals surface area contributed by atoms with Crippen molar-refractivity contribution in [2.24, 2.45) is 0 Å². The van der Waals surface area contributed by atoms with Crippen LogP contribution in [0.5, 0.6) is 0 Å². The number of amides is 2. The van der Waals surface area contributed by atoms with Gasteiger partial charge in [-0.3, -0.25) is 4.90 Å². The number of hydrogen-bond donors (Lipinski definition) is 1. The van der Waals surface area contributed by atoms with Crippen LogP contribution in [0.4, 0.5) is 9.59 Å². The van der Waals surface area contributed by atoms with Crippen molar-refractivity contribution in [3.8, 4) is 0 Å². The predicted molar refractivity (Wildman–Crippen MR) is 101 cm³/mol. The van der Waals surface area contributed by atoms with Gasteiger partial charge in [0.1, 0.15) is 12.2 Å². The molecule has 0 saturated carbocycles. The minimum absolute atomic E-state index is 0.245. The van der Waals surface area contributed by atoms with Crippen molar-refractivity contribution in [3.05, 3.63) is 35.9 Å². The van der Waals surface area contributed by atoms with Gasteiger partial charge in [0.15, 0.2) is 0 Å². The molecule has 1 aromatic carbocycles. The highest BCUT2D eigenvalue weighted by molar-refractivity contribution is 5.71. The molecule has 1 atom stereocenters. The first-order valence-electron chi connectivity index (χ1n) is 9.46. The fraction of sp³-hybridized carbons (Fsp3) is 0.600. The fourth-order valence-corrected chi connectivity index (χ4v) is 3.63. The Hall–Kier alpha value is -2.28. The molecule has 1 spiro atoms. The van der Waals surface area contributed by atoms with Gasteiger partial charge in [0.05, 0.1) is 5.54 Å².